The smallest absolute Gasteiger partial charge is 0.252 e. The molecule has 1 N–H and O–H groups in total. The molecule has 5 heterocycles. The molecule has 0 saturated carbocycles. The van der Waals surface area contributed by atoms with Crippen molar-refractivity contribution >= 4 is 11.7 Å². The number of nitrogens with zero attached hydrogens (tertiary/aromatic N) is 3. The van der Waals surface area contributed by atoms with Gasteiger partial charge < -0.3 is 15.0 Å². The van der Waals surface area contributed by atoms with E-state index in [0.717, 1.165) is 37.4 Å². The Balaban J connectivity index is 1.28. The SMILES string of the molecule is Cc1ccc(N2C[C@@H]3[C@H](CNC(=O)c4ccc(C)nc4)[C@H]4CC[C@]3(C2)O4)nc1. The predicted molar refractivity (Wildman–Crippen MR) is 106 cm³/mol. The molecule has 146 valence electrons. The van der Waals surface area contributed by atoms with Crippen molar-refractivity contribution in [2.75, 3.05) is 24.5 Å². The van der Waals surface area contributed by atoms with E-state index in [1.54, 1.807) is 6.20 Å². The first-order valence-electron chi connectivity index (χ1n) is 10.1. The Labute approximate surface area is 165 Å². The zero-order valence-electron chi connectivity index (χ0n) is 16.4. The maximum absolute atomic E-state index is 12.5. The van der Waals surface area contributed by atoms with Crippen molar-refractivity contribution in [1.29, 1.82) is 0 Å². The van der Waals surface area contributed by atoms with Crippen LogP contribution in [0.3, 0.4) is 0 Å². The fourth-order valence-electron chi connectivity index (χ4n) is 5.20. The van der Waals surface area contributed by atoms with E-state index >= 15 is 0 Å². The number of anilines is 1. The first-order valence-corrected chi connectivity index (χ1v) is 10.1. The lowest BCUT2D eigenvalue weighted by Crippen LogP contribution is -2.41. The number of carbonyl (C=O) groups excluding carboxylic acids is 1. The highest BCUT2D eigenvalue weighted by atomic mass is 16.5. The summed E-state index contributed by atoms with van der Waals surface area (Å²) in [6.45, 7) is 6.47. The summed E-state index contributed by atoms with van der Waals surface area (Å²) in [6.07, 6.45) is 6.01. The maximum atomic E-state index is 12.5. The summed E-state index contributed by atoms with van der Waals surface area (Å²) in [7, 11) is 0. The lowest BCUT2D eigenvalue weighted by molar-refractivity contribution is 0.0141. The lowest BCUT2D eigenvalue weighted by atomic mass is 9.73. The first kappa shape index (κ1) is 17.6. The van der Waals surface area contributed by atoms with E-state index in [1.807, 2.05) is 25.3 Å². The minimum absolute atomic E-state index is 0.0561. The summed E-state index contributed by atoms with van der Waals surface area (Å²) in [5.41, 5.74) is 2.62. The minimum atomic E-state index is -0.0714. The van der Waals surface area contributed by atoms with Crippen LogP contribution in [0.1, 0.15) is 34.5 Å². The Morgan fingerprint density at radius 3 is 2.89 bits per heavy atom. The molecule has 6 heteroatoms. The van der Waals surface area contributed by atoms with Crippen molar-refractivity contribution in [3.8, 4) is 0 Å². The third-order valence-corrected chi connectivity index (χ3v) is 6.68. The number of aryl methyl sites for hydroxylation is 2. The second kappa shape index (κ2) is 6.55. The van der Waals surface area contributed by atoms with Crippen molar-refractivity contribution in [3.63, 3.8) is 0 Å². The molecule has 28 heavy (non-hydrogen) atoms. The Hall–Kier alpha value is -2.47. The van der Waals surface area contributed by atoms with Crippen LogP contribution in [0.5, 0.6) is 0 Å². The van der Waals surface area contributed by atoms with E-state index < -0.39 is 0 Å². The highest BCUT2D eigenvalue weighted by Gasteiger charge is 2.63. The number of hydrogen-bond donors (Lipinski definition) is 1. The minimum Gasteiger partial charge on any atom is -0.369 e. The second-order valence-electron chi connectivity index (χ2n) is 8.50. The van der Waals surface area contributed by atoms with E-state index in [-0.39, 0.29) is 17.6 Å². The summed E-state index contributed by atoms with van der Waals surface area (Å²) in [5, 5.41) is 3.12. The van der Waals surface area contributed by atoms with Crippen molar-refractivity contribution < 1.29 is 9.53 Å². The van der Waals surface area contributed by atoms with Crippen molar-refractivity contribution in [1.82, 2.24) is 15.3 Å². The Morgan fingerprint density at radius 2 is 2.14 bits per heavy atom. The third kappa shape index (κ3) is 2.87. The Kier molecular flexibility index (Phi) is 4.12. The number of ether oxygens (including phenoxy) is 1. The molecule has 0 radical (unpaired) electrons. The summed E-state index contributed by atoms with van der Waals surface area (Å²) < 4.78 is 6.49. The van der Waals surface area contributed by atoms with Crippen LogP contribution in [-0.4, -0.2) is 47.2 Å². The number of rotatable bonds is 4. The van der Waals surface area contributed by atoms with Crippen LogP contribution in [0.25, 0.3) is 0 Å². The summed E-state index contributed by atoms with van der Waals surface area (Å²) >= 11 is 0. The molecule has 0 aliphatic carbocycles. The fraction of sp³-hybridized carbons (Fsp3) is 0.500. The van der Waals surface area contributed by atoms with Crippen LogP contribution >= 0.6 is 0 Å². The molecular weight excluding hydrogens is 352 g/mol. The first-order chi connectivity index (χ1) is 13.5. The van der Waals surface area contributed by atoms with Gasteiger partial charge >= 0.3 is 0 Å². The standard InChI is InChI=1S/C22H26N4O2/c1-14-3-6-20(24-9-14)26-12-18-17(19-7-8-22(18,13-26)28-19)11-25-21(27)16-5-4-15(2)23-10-16/h3-6,9-10,17-19H,7-8,11-13H2,1-2H3,(H,25,27)/t17-,18+,19+,22+/m0/s1. The molecule has 2 aromatic heterocycles. The predicted octanol–water partition coefficient (Wildman–Crippen LogP) is 2.51. The van der Waals surface area contributed by atoms with Gasteiger partial charge in [0.05, 0.1) is 17.3 Å². The molecule has 3 aliphatic rings. The number of pyridine rings is 2. The number of nitrogens with one attached hydrogen (secondary N) is 1. The summed E-state index contributed by atoms with van der Waals surface area (Å²) in [4.78, 5) is 23.7. The van der Waals surface area contributed by atoms with E-state index in [9.17, 15) is 4.79 Å². The van der Waals surface area contributed by atoms with E-state index in [2.05, 4.69) is 39.2 Å². The van der Waals surface area contributed by atoms with Gasteiger partial charge in [-0.25, -0.2) is 4.98 Å². The van der Waals surface area contributed by atoms with Gasteiger partial charge in [0.15, 0.2) is 0 Å². The van der Waals surface area contributed by atoms with E-state index in [1.165, 1.54) is 5.56 Å². The molecule has 3 aliphatic heterocycles. The van der Waals surface area contributed by atoms with Crippen LogP contribution in [0.4, 0.5) is 5.82 Å². The fourth-order valence-corrected chi connectivity index (χ4v) is 5.20. The molecule has 0 aromatic carbocycles. The monoisotopic (exact) mass is 378 g/mol. The van der Waals surface area contributed by atoms with Gasteiger partial charge in [-0.3, -0.25) is 9.78 Å². The molecule has 5 rings (SSSR count). The zero-order chi connectivity index (χ0) is 19.3. The van der Waals surface area contributed by atoms with Gasteiger partial charge in [-0.1, -0.05) is 6.07 Å². The highest BCUT2D eigenvalue weighted by molar-refractivity contribution is 5.93. The average Bonchev–Trinajstić information content (AvgIpc) is 3.36. The van der Waals surface area contributed by atoms with Crippen molar-refractivity contribution in [2.45, 2.75) is 38.4 Å². The molecule has 4 atom stereocenters. The van der Waals surface area contributed by atoms with Crippen LogP contribution in [0, 0.1) is 25.7 Å². The normalized spacial score (nSPS) is 30.5. The van der Waals surface area contributed by atoms with Crippen molar-refractivity contribution in [3.05, 3.63) is 53.5 Å². The number of carbonyl (C=O) groups is 1. The summed E-state index contributed by atoms with van der Waals surface area (Å²) in [6, 6.07) is 7.91. The molecule has 1 amide bonds. The molecule has 1 spiro atoms. The van der Waals surface area contributed by atoms with Gasteiger partial charge in [-0.15, -0.1) is 0 Å². The molecule has 6 nitrogen and oxygen atoms in total. The second-order valence-corrected chi connectivity index (χ2v) is 8.50. The Bertz CT molecular complexity index is 882. The third-order valence-electron chi connectivity index (χ3n) is 6.68. The number of aromatic nitrogens is 2. The van der Waals surface area contributed by atoms with E-state index in [0.29, 0.717) is 23.9 Å². The largest absolute Gasteiger partial charge is 0.369 e. The molecule has 2 bridgehead atoms. The van der Waals surface area contributed by atoms with Gasteiger partial charge in [0.2, 0.25) is 0 Å². The maximum Gasteiger partial charge on any atom is 0.252 e. The molecular formula is C22H26N4O2. The zero-order valence-corrected chi connectivity index (χ0v) is 16.4. The van der Waals surface area contributed by atoms with E-state index in [4.69, 9.17) is 4.74 Å². The van der Waals surface area contributed by atoms with Gasteiger partial charge in [-0.2, -0.15) is 0 Å². The van der Waals surface area contributed by atoms with Crippen LogP contribution in [0.15, 0.2) is 36.7 Å². The molecule has 2 aromatic rings. The lowest BCUT2D eigenvalue weighted by Gasteiger charge is -2.29. The highest BCUT2D eigenvalue weighted by Crippen LogP contribution is 2.55. The average molecular weight is 378 g/mol. The molecule has 0 unspecified atom stereocenters. The van der Waals surface area contributed by atoms with Gasteiger partial charge in [-0.05, 0) is 50.5 Å². The topological polar surface area (TPSA) is 67.4 Å². The Morgan fingerprint density at radius 1 is 1.25 bits per heavy atom. The van der Waals surface area contributed by atoms with Gasteiger partial charge in [0, 0.05) is 49.6 Å². The van der Waals surface area contributed by atoms with Crippen molar-refractivity contribution in [2.24, 2.45) is 11.8 Å². The van der Waals surface area contributed by atoms with Crippen LogP contribution in [-0.2, 0) is 4.74 Å². The van der Waals surface area contributed by atoms with Crippen LogP contribution in [0.2, 0.25) is 0 Å². The number of hydrogen-bond acceptors (Lipinski definition) is 5. The molecule has 3 fully saturated rings. The number of amides is 1. The quantitative estimate of drug-likeness (QED) is 0.885. The van der Waals surface area contributed by atoms with Gasteiger partial charge in [0.25, 0.3) is 5.91 Å². The van der Waals surface area contributed by atoms with Gasteiger partial charge in [0.1, 0.15) is 5.82 Å². The molecule has 3 saturated heterocycles. The van der Waals surface area contributed by atoms with Crippen LogP contribution < -0.4 is 10.2 Å². The summed E-state index contributed by atoms with van der Waals surface area (Å²) in [5.74, 6) is 1.76. The number of fused-ring (bicyclic) bond motifs is 1.